The van der Waals surface area contributed by atoms with Crippen molar-refractivity contribution in [2.24, 2.45) is 10.9 Å². The van der Waals surface area contributed by atoms with Crippen molar-refractivity contribution in [2.75, 3.05) is 13.1 Å². The van der Waals surface area contributed by atoms with Crippen molar-refractivity contribution in [1.29, 1.82) is 0 Å². The molecule has 2 unspecified atom stereocenters. The summed E-state index contributed by atoms with van der Waals surface area (Å²) in [6, 6.07) is 4.37. The highest BCUT2D eigenvalue weighted by Crippen LogP contribution is 2.23. The molecule has 1 aliphatic carbocycles. The van der Waals surface area contributed by atoms with Crippen LogP contribution in [0.15, 0.2) is 27.8 Å². The highest BCUT2D eigenvalue weighted by atomic mass is 127. The molecule has 0 saturated heterocycles. The predicted molar refractivity (Wildman–Crippen MR) is 102 cm³/mol. The molecule has 0 amide bonds. The fourth-order valence-corrected chi connectivity index (χ4v) is 2.73. The lowest BCUT2D eigenvalue weighted by molar-refractivity contribution is 0.307. The minimum atomic E-state index is 0. The van der Waals surface area contributed by atoms with Crippen LogP contribution in [-0.4, -0.2) is 25.1 Å². The second-order valence-electron chi connectivity index (χ2n) is 5.63. The van der Waals surface area contributed by atoms with E-state index in [2.05, 4.69) is 28.5 Å². The number of aliphatic imine (C=N–C) groups is 1. The van der Waals surface area contributed by atoms with Gasteiger partial charge in [-0.25, -0.2) is 0 Å². The van der Waals surface area contributed by atoms with E-state index in [-0.39, 0.29) is 24.0 Å². The normalized spacial score (nSPS) is 21.5. The molecule has 122 valence electrons. The molecule has 1 saturated carbocycles. The minimum absolute atomic E-state index is 0. The van der Waals surface area contributed by atoms with Crippen molar-refractivity contribution in [3.05, 3.63) is 24.2 Å². The van der Waals surface area contributed by atoms with Crippen molar-refractivity contribution in [2.45, 2.75) is 45.1 Å². The van der Waals surface area contributed by atoms with Gasteiger partial charge in [-0.2, -0.15) is 0 Å². The predicted octanol–water partition coefficient (Wildman–Crippen LogP) is 3.19. The molecule has 1 aromatic rings. The quantitative estimate of drug-likeness (QED) is 0.336. The van der Waals surface area contributed by atoms with Crippen LogP contribution in [0.3, 0.4) is 0 Å². The molecular weight excluding hydrogens is 389 g/mol. The van der Waals surface area contributed by atoms with Gasteiger partial charge in [-0.15, -0.1) is 30.4 Å². The summed E-state index contributed by atoms with van der Waals surface area (Å²) >= 11 is 0. The number of nitrogens with zero attached hydrogens (tertiary/aromatic N) is 1. The number of hydrogen-bond acceptors (Lipinski definition) is 2. The fourth-order valence-electron chi connectivity index (χ4n) is 2.73. The Morgan fingerprint density at radius 2 is 2.27 bits per heavy atom. The zero-order valence-electron chi connectivity index (χ0n) is 13.2. The van der Waals surface area contributed by atoms with Gasteiger partial charge >= 0.3 is 0 Å². The number of halogens is 1. The van der Waals surface area contributed by atoms with Crippen LogP contribution in [0.4, 0.5) is 0 Å². The molecule has 2 N–H and O–H groups in total. The maximum Gasteiger partial charge on any atom is 0.192 e. The van der Waals surface area contributed by atoms with E-state index < -0.39 is 0 Å². The summed E-state index contributed by atoms with van der Waals surface area (Å²) in [7, 11) is 0. The first kappa shape index (κ1) is 18.9. The zero-order valence-corrected chi connectivity index (χ0v) is 15.5. The highest BCUT2D eigenvalue weighted by Gasteiger charge is 2.21. The van der Waals surface area contributed by atoms with Gasteiger partial charge in [0, 0.05) is 19.0 Å². The van der Waals surface area contributed by atoms with Crippen LogP contribution in [0.25, 0.3) is 0 Å². The van der Waals surface area contributed by atoms with E-state index in [1.54, 1.807) is 6.26 Å². The van der Waals surface area contributed by atoms with Gasteiger partial charge in [0.2, 0.25) is 0 Å². The zero-order chi connectivity index (χ0) is 14.9. The third kappa shape index (κ3) is 6.30. The van der Waals surface area contributed by atoms with E-state index in [4.69, 9.17) is 10.8 Å². The number of terminal acetylenes is 1. The molecule has 5 heteroatoms. The molecule has 2 rings (SSSR count). The number of rotatable bonds is 5. The van der Waals surface area contributed by atoms with E-state index in [1.807, 2.05) is 12.1 Å². The maximum atomic E-state index is 5.33. The number of nitrogens with one attached hydrogen (secondary N) is 2. The molecule has 0 aliphatic heterocycles. The Bertz CT molecular complexity index is 479. The summed E-state index contributed by atoms with van der Waals surface area (Å²) in [4.78, 5) is 4.60. The van der Waals surface area contributed by atoms with Gasteiger partial charge in [-0.3, -0.25) is 4.99 Å². The smallest absolute Gasteiger partial charge is 0.192 e. The summed E-state index contributed by atoms with van der Waals surface area (Å²) in [6.45, 7) is 3.49. The summed E-state index contributed by atoms with van der Waals surface area (Å²) in [5.41, 5.74) is 0. The molecule has 4 nitrogen and oxygen atoms in total. The first-order valence-corrected chi connectivity index (χ1v) is 7.80. The standard InChI is InChI=1S/C17H25N3O.HI/c1-3-11-18-17(19-12-10-15-8-6-13-21-15)20-16-9-5-4-7-14(16)2;/h1,6,8,13-14,16H,4-5,7,9-12H2,2H3,(H2,18,19,20);1H. The van der Waals surface area contributed by atoms with Crippen molar-refractivity contribution in [3.63, 3.8) is 0 Å². The van der Waals surface area contributed by atoms with E-state index in [9.17, 15) is 0 Å². The van der Waals surface area contributed by atoms with Crippen LogP contribution in [-0.2, 0) is 6.42 Å². The fraction of sp³-hybridized carbons (Fsp3) is 0.588. The number of guanidine groups is 1. The Balaban J connectivity index is 0.00000242. The third-order valence-electron chi connectivity index (χ3n) is 4.00. The average molecular weight is 415 g/mol. The van der Waals surface area contributed by atoms with Crippen molar-refractivity contribution >= 4 is 29.9 Å². The van der Waals surface area contributed by atoms with Crippen LogP contribution >= 0.6 is 24.0 Å². The van der Waals surface area contributed by atoms with Gasteiger partial charge in [0.05, 0.1) is 12.8 Å². The molecule has 0 spiro atoms. The molecule has 1 fully saturated rings. The summed E-state index contributed by atoms with van der Waals surface area (Å²) in [5.74, 6) is 5.06. The monoisotopic (exact) mass is 415 g/mol. The molecule has 22 heavy (non-hydrogen) atoms. The van der Waals surface area contributed by atoms with E-state index >= 15 is 0 Å². The Morgan fingerprint density at radius 1 is 1.45 bits per heavy atom. The van der Waals surface area contributed by atoms with E-state index in [1.165, 1.54) is 25.7 Å². The van der Waals surface area contributed by atoms with Crippen molar-refractivity contribution in [3.8, 4) is 12.3 Å². The molecule has 0 radical (unpaired) electrons. The molecule has 1 heterocycles. The van der Waals surface area contributed by atoms with Crippen LogP contribution < -0.4 is 10.6 Å². The SMILES string of the molecule is C#CCNC(=NCCc1ccco1)NC1CCCCC1C.I. The van der Waals surface area contributed by atoms with Crippen LogP contribution in [0.2, 0.25) is 0 Å². The second kappa shape index (κ2) is 10.5. The number of furan rings is 1. The summed E-state index contributed by atoms with van der Waals surface area (Å²) in [6.07, 6.45) is 12.9. The second-order valence-corrected chi connectivity index (χ2v) is 5.63. The Morgan fingerprint density at radius 3 is 2.95 bits per heavy atom. The topological polar surface area (TPSA) is 49.6 Å². The Labute approximate surface area is 150 Å². The lowest BCUT2D eigenvalue weighted by Crippen LogP contribution is -2.47. The lowest BCUT2D eigenvalue weighted by atomic mass is 9.86. The van der Waals surface area contributed by atoms with Gasteiger partial charge in [-0.05, 0) is 30.9 Å². The van der Waals surface area contributed by atoms with Crippen LogP contribution in [0.1, 0.15) is 38.4 Å². The van der Waals surface area contributed by atoms with Crippen molar-refractivity contribution in [1.82, 2.24) is 10.6 Å². The molecule has 1 aromatic heterocycles. The van der Waals surface area contributed by atoms with Gasteiger partial charge in [0.25, 0.3) is 0 Å². The van der Waals surface area contributed by atoms with Gasteiger partial charge in [0.1, 0.15) is 5.76 Å². The Hall–Kier alpha value is -1.16. The van der Waals surface area contributed by atoms with Gasteiger partial charge in [0.15, 0.2) is 5.96 Å². The largest absolute Gasteiger partial charge is 0.469 e. The molecule has 0 aromatic carbocycles. The highest BCUT2D eigenvalue weighted by molar-refractivity contribution is 14.0. The number of hydrogen-bond donors (Lipinski definition) is 2. The molecule has 1 aliphatic rings. The van der Waals surface area contributed by atoms with Gasteiger partial charge in [-0.1, -0.05) is 25.7 Å². The Kier molecular flexibility index (Phi) is 9.05. The first-order valence-electron chi connectivity index (χ1n) is 7.80. The minimum Gasteiger partial charge on any atom is -0.469 e. The van der Waals surface area contributed by atoms with E-state index in [0.29, 0.717) is 25.0 Å². The molecule has 0 bridgehead atoms. The van der Waals surface area contributed by atoms with E-state index in [0.717, 1.165) is 18.1 Å². The first-order chi connectivity index (χ1) is 10.3. The molecular formula is C17H26IN3O. The van der Waals surface area contributed by atoms with Crippen LogP contribution in [0, 0.1) is 18.3 Å². The maximum absolute atomic E-state index is 5.33. The van der Waals surface area contributed by atoms with Gasteiger partial charge < -0.3 is 15.1 Å². The third-order valence-corrected chi connectivity index (χ3v) is 4.00. The average Bonchev–Trinajstić information content (AvgIpc) is 3.00. The van der Waals surface area contributed by atoms with Crippen molar-refractivity contribution < 1.29 is 4.42 Å². The van der Waals surface area contributed by atoms with Crippen LogP contribution in [0.5, 0.6) is 0 Å². The summed E-state index contributed by atoms with van der Waals surface area (Å²) < 4.78 is 5.32. The molecule has 2 atom stereocenters. The summed E-state index contributed by atoms with van der Waals surface area (Å²) in [5, 5.41) is 6.72. The lowest BCUT2D eigenvalue weighted by Gasteiger charge is -2.30.